The zero-order valence-electron chi connectivity index (χ0n) is 24.6. The average molecular weight is 589 g/mol. The number of fused-ring (bicyclic) bond motifs is 1. The highest BCUT2D eigenvalue weighted by Crippen LogP contribution is 2.33. The Morgan fingerprint density at radius 2 is 1.77 bits per heavy atom. The zero-order chi connectivity index (χ0) is 30.0. The first-order chi connectivity index (χ1) is 19.1. The van der Waals surface area contributed by atoms with Gasteiger partial charge in [-0.2, -0.15) is 16.8 Å². The molecule has 12 nitrogen and oxygen atoms in total. The van der Waals surface area contributed by atoms with Crippen LogP contribution in [-0.2, 0) is 33.5 Å². The van der Waals surface area contributed by atoms with Crippen LogP contribution < -0.4 is 16.0 Å². The number of rotatable bonds is 18. The Labute approximate surface area is 242 Å². The van der Waals surface area contributed by atoms with Gasteiger partial charge in [0, 0.05) is 50.5 Å². The molecule has 0 spiro atoms. The molecule has 0 radical (unpaired) electrons. The van der Waals surface area contributed by atoms with Crippen molar-refractivity contribution in [3.63, 3.8) is 0 Å². The van der Waals surface area contributed by atoms with Gasteiger partial charge in [-0.15, -0.1) is 0 Å². The van der Waals surface area contributed by atoms with Crippen LogP contribution in [0.25, 0.3) is 0 Å². The predicted molar refractivity (Wildman–Crippen MR) is 153 cm³/mol. The summed E-state index contributed by atoms with van der Waals surface area (Å²) in [6.07, 6.45) is 4.32. The molecule has 3 N–H and O–H groups in total. The van der Waals surface area contributed by atoms with Gasteiger partial charge in [0.25, 0.3) is 5.91 Å². The number of amides is 4. The van der Waals surface area contributed by atoms with Crippen LogP contribution in [0.1, 0.15) is 72.6 Å². The number of unbranched alkanes of at least 4 members (excludes halogenated alkanes) is 1. The van der Waals surface area contributed by atoms with Crippen LogP contribution in [0.5, 0.6) is 0 Å². The minimum atomic E-state index is -0.855. The smallest absolute Gasteiger partial charge is 0.338 e. The first kappa shape index (κ1) is 35.6. The van der Waals surface area contributed by atoms with E-state index in [9.17, 15) is 24.0 Å². The first-order valence-corrected chi connectivity index (χ1v) is 15.2. The highest BCUT2D eigenvalue weighted by molar-refractivity contribution is 8.00. The van der Waals surface area contributed by atoms with Crippen molar-refractivity contribution in [2.24, 2.45) is 5.41 Å². The van der Waals surface area contributed by atoms with Crippen molar-refractivity contribution in [3.05, 3.63) is 0 Å². The lowest BCUT2D eigenvalue weighted by molar-refractivity contribution is -0.201. The molecule has 0 aliphatic carbocycles. The van der Waals surface area contributed by atoms with Gasteiger partial charge in [-0.3, -0.25) is 9.59 Å². The Balaban J connectivity index is 0.00000391. The van der Waals surface area contributed by atoms with E-state index in [1.54, 1.807) is 13.8 Å². The van der Waals surface area contributed by atoms with Gasteiger partial charge < -0.3 is 35.1 Å². The van der Waals surface area contributed by atoms with Crippen molar-refractivity contribution >= 4 is 41.9 Å². The summed E-state index contributed by atoms with van der Waals surface area (Å²) in [6.45, 7) is 9.24. The van der Waals surface area contributed by atoms with E-state index in [0.29, 0.717) is 57.4 Å². The number of hydroxylamine groups is 2. The summed E-state index contributed by atoms with van der Waals surface area (Å²) < 4.78 is 11.0. The summed E-state index contributed by atoms with van der Waals surface area (Å²) in [5.74, 6) is -0.0526. The lowest BCUT2D eigenvalue weighted by atomic mass is 9.90. The molecule has 3 atom stereocenters. The largest absolute Gasteiger partial charge is 0.379 e. The van der Waals surface area contributed by atoms with Crippen LogP contribution in [0.4, 0.5) is 4.79 Å². The molecule has 40 heavy (non-hydrogen) atoms. The summed E-state index contributed by atoms with van der Waals surface area (Å²) in [4.78, 5) is 63.0. The van der Waals surface area contributed by atoms with E-state index in [0.717, 1.165) is 30.1 Å². The molecule has 0 bridgehead atoms. The zero-order valence-corrected chi connectivity index (χ0v) is 25.4. The predicted octanol–water partition coefficient (Wildman–Crippen LogP) is 2.20. The van der Waals surface area contributed by atoms with E-state index in [-0.39, 0.29) is 36.9 Å². The number of hydrogen-bond acceptors (Lipinski definition) is 9. The number of nitrogens with zero attached hydrogens (tertiary/aromatic N) is 1. The van der Waals surface area contributed by atoms with Gasteiger partial charge >= 0.3 is 12.0 Å². The minimum absolute atomic E-state index is 0.00263. The van der Waals surface area contributed by atoms with Crippen LogP contribution in [-0.4, -0.2) is 98.3 Å². The quantitative estimate of drug-likeness (QED) is 0.0947. The molecule has 4 amide bonds. The van der Waals surface area contributed by atoms with Gasteiger partial charge in [0.1, 0.15) is 6.29 Å². The van der Waals surface area contributed by atoms with Gasteiger partial charge in [0.15, 0.2) is 0 Å². The monoisotopic (exact) mass is 588 g/mol. The highest BCUT2D eigenvalue weighted by atomic mass is 32.2. The minimum Gasteiger partial charge on any atom is -0.379 e. The molecule has 3 unspecified atom stereocenters. The van der Waals surface area contributed by atoms with Gasteiger partial charge in [-0.1, -0.05) is 20.3 Å². The van der Waals surface area contributed by atoms with Crippen LogP contribution in [0.15, 0.2) is 0 Å². The highest BCUT2D eigenvalue weighted by Gasteiger charge is 2.42. The molecule has 0 aromatic heterocycles. The Kier molecular flexibility index (Phi) is 17.5. The lowest BCUT2D eigenvalue weighted by Gasteiger charge is -2.25. The first-order valence-electron chi connectivity index (χ1n) is 14.2. The van der Waals surface area contributed by atoms with Crippen LogP contribution in [0, 0.1) is 5.41 Å². The van der Waals surface area contributed by atoms with Gasteiger partial charge in [0.2, 0.25) is 5.91 Å². The maximum absolute atomic E-state index is 12.3. The third kappa shape index (κ3) is 13.3. The maximum atomic E-state index is 12.3. The molecule has 13 heteroatoms. The van der Waals surface area contributed by atoms with Crippen LogP contribution >= 0.6 is 11.8 Å². The molecular formula is C27H48N4O8S. The summed E-state index contributed by atoms with van der Waals surface area (Å²) in [7, 11) is 1.35. The molecule has 0 saturated carbocycles. The maximum Gasteiger partial charge on any atom is 0.338 e. The summed E-state index contributed by atoms with van der Waals surface area (Å²) in [5.41, 5.74) is -0.855. The normalized spacial score (nSPS) is 19.4. The summed E-state index contributed by atoms with van der Waals surface area (Å²) in [6, 6.07) is 0.357. The van der Waals surface area contributed by atoms with E-state index >= 15 is 0 Å². The Morgan fingerprint density at radius 1 is 1.07 bits per heavy atom. The third-order valence-electron chi connectivity index (χ3n) is 6.49. The van der Waals surface area contributed by atoms with E-state index < -0.39 is 17.3 Å². The Morgan fingerprint density at radius 3 is 2.48 bits per heavy atom. The number of urea groups is 1. The van der Waals surface area contributed by atoms with Gasteiger partial charge in [0.05, 0.1) is 37.3 Å². The average Bonchev–Trinajstić information content (AvgIpc) is 3.48. The number of carbonyl (C=O) groups excluding carboxylic acids is 5. The molecule has 2 heterocycles. The standard InChI is InChI=1S/C25H42N4O8S.C2H6/c1-25(2,23(33)37-29(3)21(32)9-6-12-30)10-13-35-15-16-36-14-11-26-20(31)8-5-4-7-19-22-18(17-38-19)27-24(34)28-22;1-2/h12,18-19,22H,4-11,13-17H2,1-3H3,(H,26,31)(H2,27,28,34);1-2H3. The second-order valence-corrected chi connectivity index (χ2v) is 11.3. The topological polar surface area (TPSA) is 152 Å². The van der Waals surface area contributed by atoms with Crippen LogP contribution in [0.2, 0.25) is 0 Å². The molecule has 2 aliphatic heterocycles. The second kappa shape index (κ2) is 19.7. The molecule has 2 fully saturated rings. The van der Waals surface area contributed by atoms with Crippen molar-refractivity contribution < 1.29 is 38.3 Å². The number of hydrogen-bond donors (Lipinski definition) is 3. The molecule has 230 valence electrons. The third-order valence-corrected chi connectivity index (χ3v) is 8.00. The fourth-order valence-corrected chi connectivity index (χ4v) is 5.56. The van der Waals surface area contributed by atoms with E-state index in [2.05, 4.69) is 16.0 Å². The molecule has 2 saturated heterocycles. The number of nitrogens with one attached hydrogen (secondary N) is 3. The summed E-state index contributed by atoms with van der Waals surface area (Å²) in [5, 5.41) is 10.0. The number of ether oxygens (including phenoxy) is 2. The number of aldehydes is 1. The summed E-state index contributed by atoms with van der Waals surface area (Å²) >= 11 is 1.88. The number of carbonyl (C=O) groups is 5. The van der Waals surface area contributed by atoms with E-state index in [1.165, 1.54) is 7.05 Å². The number of thioether (sulfide) groups is 1. The van der Waals surface area contributed by atoms with Crippen molar-refractivity contribution in [1.82, 2.24) is 21.0 Å². The molecule has 0 aromatic carbocycles. The molecule has 2 aliphatic rings. The van der Waals surface area contributed by atoms with Gasteiger partial charge in [-0.25, -0.2) is 9.59 Å². The van der Waals surface area contributed by atoms with Crippen molar-refractivity contribution in [2.75, 3.05) is 45.8 Å². The Hall–Kier alpha value is -2.38. The molecule has 0 aromatic rings. The van der Waals surface area contributed by atoms with Crippen molar-refractivity contribution in [3.8, 4) is 0 Å². The fraction of sp³-hybridized carbons (Fsp3) is 0.815. The van der Waals surface area contributed by atoms with E-state index in [4.69, 9.17) is 14.3 Å². The van der Waals surface area contributed by atoms with E-state index in [1.807, 2.05) is 25.6 Å². The second-order valence-electron chi connectivity index (χ2n) is 10.1. The molecule has 2 rings (SSSR count). The van der Waals surface area contributed by atoms with Gasteiger partial charge in [-0.05, 0) is 33.1 Å². The fourth-order valence-electron chi connectivity index (χ4n) is 4.02. The lowest BCUT2D eigenvalue weighted by Crippen LogP contribution is -2.36. The molecular weight excluding hydrogens is 540 g/mol. The van der Waals surface area contributed by atoms with Crippen molar-refractivity contribution in [1.29, 1.82) is 0 Å². The van der Waals surface area contributed by atoms with Crippen molar-refractivity contribution in [2.45, 2.75) is 90.0 Å². The van der Waals surface area contributed by atoms with Crippen LogP contribution in [0.3, 0.4) is 0 Å². The Bertz CT molecular complexity index is 813. The SMILES string of the molecule is CC.CN(OC(=O)C(C)(C)CCOCCOCCNC(=O)CCCCC1SCC2NC(=O)NC21)C(=O)CCC=O.